The molecule has 0 spiro atoms. The van der Waals surface area contributed by atoms with E-state index in [2.05, 4.69) is 57.5 Å². The predicted molar refractivity (Wildman–Crippen MR) is 68.4 cm³/mol. The molecule has 0 atom stereocenters. The van der Waals surface area contributed by atoms with Crippen LogP contribution < -0.4 is 0 Å². The molecule has 3 heteroatoms. The highest BCUT2D eigenvalue weighted by Gasteiger charge is 1.72. The average Bonchev–Trinajstić information content (AvgIpc) is 2.99. The summed E-state index contributed by atoms with van der Waals surface area (Å²) in [7, 11) is 2.73. The number of hydrogen-bond donors (Lipinski definition) is 0. The minimum absolute atomic E-state index is 0.568. The van der Waals surface area contributed by atoms with E-state index in [9.17, 15) is 0 Å². The molecule has 84 valence electrons. The van der Waals surface area contributed by atoms with Crippen molar-refractivity contribution in [3.63, 3.8) is 0 Å². The zero-order valence-electron chi connectivity index (χ0n) is 9.56. The molecule has 2 rings (SSSR count). The van der Waals surface area contributed by atoms with Crippen molar-refractivity contribution in [2.45, 2.75) is 12.8 Å². The van der Waals surface area contributed by atoms with E-state index in [1.54, 1.807) is 14.2 Å². The van der Waals surface area contributed by atoms with Crippen molar-refractivity contribution in [1.82, 2.24) is 0 Å². The summed E-state index contributed by atoms with van der Waals surface area (Å²) in [6.45, 7) is 0. The van der Waals surface area contributed by atoms with Crippen LogP contribution in [0.4, 0.5) is 0 Å². The van der Waals surface area contributed by atoms with E-state index >= 15 is 0 Å². The second kappa shape index (κ2) is 13.1. The minimum Gasteiger partial charge on any atom is -0.402 e. The lowest BCUT2D eigenvalue weighted by Gasteiger charge is -1.86. The maximum Gasteiger partial charge on any atom is 0.303 e. The van der Waals surface area contributed by atoms with Gasteiger partial charge in [-0.2, -0.15) is 0 Å². The first-order valence-corrected chi connectivity index (χ1v) is 6.18. The first kappa shape index (κ1) is 14.1. The zero-order valence-corrected chi connectivity index (χ0v) is 11.0. The minimum atomic E-state index is -0.568. The van der Waals surface area contributed by atoms with Crippen LogP contribution in [-0.4, -0.2) is 24.2 Å². The molecule has 0 N–H and O–H groups in total. The average molecular weight is 224 g/mol. The fourth-order valence-corrected chi connectivity index (χ4v) is 1.14. The maximum atomic E-state index is 4.61. The summed E-state index contributed by atoms with van der Waals surface area (Å²) in [5.41, 5.74) is 0. The van der Waals surface area contributed by atoms with Crippen LogP contribution in [0.2, 0.25) is 0 Å². The van der Waals surface area contributed by atoms with Crippen molar-refractivity contribution in [2.75, 3.05) is 14.2 Å². The molecule has 2 aliphatic carbocycles. The Morgan fingerprint density at radius 3 is 1.13 bits per heavy atom. The highest BCUT2D eigenvalue weighted by atomic mass is 28.3. The smallest absolute Gasteiger partial charge is 0.303 e. The molecule has 0 fully saturated rings. The SMILES string of the molecule is C1=CCC=C1.C1=CCC=C1.CO[SiH2]OC. The van der Waals surface area contributed by atoms with Crippen molar-refractivity contribution in [2.24, 2.45) is 0 Å². The molecule has 0 heterocycles. The standard InChI is InChI=1S/2C5H6.C2H8O2Si/c2*1-2-4-5-3-1;1-3-5-4-2/h2*1-4H,5H2;5H2,1-2H3. The van der Waals surface area contributed by atoms with Gasteiger partial charge in [0.2, 0.25) is 0 Å². The Kier molecular flexibility index (Phi) is 12.3. The van der Waals surface area contributed by atoms with Crippen LogP contribution in [-0.2, 0) is 8.85 Å². The van der Waals surface area contributed by atoms with Gasteiger partial charge in [-0.1, -0.05) is 48.6 Å². The van der Waals surface area contributed by atoms with Crippen molar-refractivity contribution in [1.29, 1.82) is 0 Å². The fourth-order valence-electron chi connectivity index (χ4n) is 0.904. The monoisotopic (exact) mass is 224 g/mol. The molecule has 0 bridgehead atoms. The Morgan fingerprint density at radius 1 is 0.733 bits per heavy atom. The molecule has 0 aliphatic heterocycles. The van der Waals surface area contributed by atoms with Gasteiger partial charge in [-0.15, -0.1) is 0 Å². The van der Waals surface area contributed by atoms with Gasteiger partial charge in [0.1, 0.15) is 0 Å². The predicted octanol–water partition coefficient (Wildman–Crippen LogP) is 2.28. The van der Waals surface area contributed by atoms with Crippen LogP contribution in [0.3, 0.4) is 0 Å². The third-order valence-electron chi connectivity index (χ3n) is 1.55. The number of rotatable bonds is 2. The van der Waals surface area contributed by atoms with E-state index in [0.29, 0.717) is 0 Å². The maximum absolute atomic E-state index is 4.61. The molecule has 0 saturated heterocycles. The van der Waals surface area contributed by atoms with Gasteiger partial charge in [-0.3, -0.25) is 0 Å². The van der Waals surface area contributed by atoms with Crippen LogP contribution in [0.5, 0.6) is 0 Å². The van der Waals surface area contributed by atoms with E-state index in [1.807, 2.05) is 0 Å². The van der Waals surface area contributed by atoms with Gasteiger partial charge < -0.3 is 8.85 Å². The molecule has 0 radical (unpaired) electrons. The molecule has 0 aromatic carbocycles. The molecule has 0 aromatic heterocycles. The molecule has 15 heavy (non-hydrogen) atoms. The van der Waals surface area contributed by atoms with Crippen molar-refractivity contribution >= 4 is 10.0 Å². The fraction of sp³-hybridized carbons (Fsp3) is 0.333. The zero-order chi connectivity index (χ0) is 11.2. The topological polar surface area (TPSA) is 18.5 Å². The molecule has 2 aliphatic rings. The van der Waals surface area contributed by atoms with Gasteiger partial charge in [0.25, 0.3) is 0 Å². The third kappa shape index (κ3) is 13.1. The Labute approximate surface area is 95.0 Å². The molecular formula is C12H20O2Si. The lowest BCUT2D eigenvalue weighted by atomic mass is 10.5. The quantitative estimate of drug-likeness (QED) is 0.670. The summed E-state index contributed by atoms with van der Waals surface area (Å²) < 4.78 is 9.22. The number of hydrogen-bond acceptors (Lipinski definition) is 2. The third-order valence-corrected chi connectivity index (χ3v) is 2.02. The summed E-state index contributed by atoms with van der Waals surface area (Å²) >= 11 is 0. The molecule has 2 nitrogen and oxygen atoms in total. The lowest BCUT2D eigenvalue weighted by molar-refractivity contribution is 0.309. The van der Waals surface area contributed by atoms with E-state index in [1.165, 1.54) is 0 Å². The normalized spacial score (nSPS) is 14.5. The van der Waals surface area contributed by atoms with Gasteiger partial charge in [-0.25, -0.2) is 0 Å². The van der Waals surface area contributed by atoms with E-state index in [4.69, 9.17) is 0 Å². The first-order chi connectivity index (χ1) is 7.41. The molecule has 0 amide bonds. The molecule has 0 unspecified atom stereocenters. The first-order valence-electron chi connectivity index (χ1n) is 5.03. The molecule has 0 aromatic rings. The van der Waals surface area contributed by atoms with Crippen LogP contribution in [0.15, 0.2) is 48.6 Å². The van der Waals surface area contributed by atoms with Gasteiger partial charge >= 0.3 is 10.0 Å². The Bertz CT molecular complexity index is 186. The Hall–Kier alpha value is -0.903. The largest absolute Gasteiger partial charge is 0.402 e. The second-order valence-electron chi connectivity index (χ2n) is 2.88. The summed E-state index contributed by atoms with van der Waals surface area (Å²) in [6.07, 6.45) is 19.0. The van der Waals surface area contributed by atoms with E-state index in [-0.39, 0.29) is 0 Å². The van der Waals surface area contributed by atoms with Crippen molar-refractivity contribution in [3.8, 4) is 0 Å². The summed E-state index contributed by atoms with van der Waals surface area (Å²) in [6, 6.07) is 0. The van der Waals surface area contributed by atoms with Crippen LogP contribution in [0.1, 0.15) is 12.8 Å². The molecule has 0 saturated carbocycles. The van der Waals surface area contributed by atoms with Gasteiger partial charge in [0, 0.05) is 14.2 Å². The number of allylic oxidation sites excluding steroid dienone is 8. The lowest BCUT2D eigenvalue weighted by Crippen LogP contribution is -1.93. The Morgan fingerprint density at radius 2 is 1.07 bits per heavy atom. The summed E-state index contributed by atoms with van der Waals surface area (Å²) in [4.78, 5) is 0. The van der Waals surface area contributed by atoms with Gasteiger partial charge in [0.05, 0.1) is 0 Å². The van der Waals surface area contributed by atoms with E-state index in [0.717, 1.165) is 12.8 Å². The summed E-state index contributed by atoms with van der Waals surface area (Å²) in [5, 5.41) is 0. The van der Waals surface area contributed by atoms with E-state index < -0.39 is 10.0 Å². The van der Waals surface area contributed by atoms with Crippen LogP contribution >= 0.6 is 0 Å². The van der Waals surface area contributed by atoms with Gasteiger partial charge in [0.15, 0.2) is 0 Å². The van der Waals surface area contributed by atoms with Gasteiger partial charge in [-0.05, 0) is 12.8 Å². The van der Waals surface area contributed by atoms with Crippen molar-refractivity contribution < 1.29 is 8.85 Å². The summed E-state index contributed by atoms with van der Waals surface area (Å²) in [5.74, 6) is 0. The van der Waals surface area contributed by atoms with Crippen LogP contribution in [0.25, 0.3) is 0 Å². The molecular weight excluding hydrogens is 204 g/mol. The highest BCUT2D eigenvalue weighted by Crippen LogP contribution is 1.93. The van der Waals surface area contributed by atoms with Crippen molar-refractivity contribution in [3.05, 3.63) is 48.6 Å². The van der Waals surface area contributed by atoms with Crippen LogP contribution in [0, 0.1) is 0 Å². The second-order valence-corrected chi connectivity index (χ2v) is 4.27. The highest BCUT2D eigenvalue weighted by molar-refractivity contribution is 6.17. The Balaban J connectivity index is 0.000000196.